The zero-order valence-corrected chi connectivity index (χ0v) is 7.86. The van der Waals surface area contributed by atoms with Gasteiger partial charge in [-0.05, 0) is 18.2 Å². The van der Waals surface area contributed by atoms with Gasteiger partial charge in [-0.25, -0.2) is 0 Å². The Kier molecular flexibility index (Phi) is 3.94. The third kappa shape index (κ3) is 3.45. The van der Waals surface area contributed by atoms with Crippen LogP contribution in [0.1, 0.15) is 5.76 Å². The van der Waals surface area contributed by atoms with E-state index in [9.17, 15) is 9.90 Å². The molecule has 1 unspecified atom stereocenters. The van der Waals surface area contributed by atoms with E-state index in [-0.39, 0.29) is 6.54 Å². The van der Waals surface area contributed by atoms with Gasteiger partial charge >= 0.3 is 0 Å². The Labute approximate surface area is 82.4 Å². The Balaban J connectivity index is 2.50. The molecule has 1 atom stereocenters. The molecule has 0 saturated heterocycles. The lowest BCUT2D eigenvalue weighted by Crippen LogP contribution is -3.11. The minimum atomic E-state index is -1.06. The standard InChI is InChI=1S/C10H13NO3/c1-2-5-11(8-10(12)13)7-9-4-3-6-14-9/h2-4,6H,1,5,7-8H2,(H,12,13). The van der Waals surface area contributed by atoms with Crippen molar-refractivity contribution >= 4 is 5.97 Å². The van der Waals surface area contributed by atoms with E-state index in [4.69, 9.17) is 4.42 Å². The Morgan fingerprint density at radius 3 is 3.00 bits per heavy atom. The van der Waals surface area contributed by atoms with E-state index in [1.807, 2.05) is 6.07 Å². The number of carboxylic acids is 1. The first kappa shape index (κ1) is 10.5. The topological polar surface area (TPSA) is 57.7 Å². The smallest absolute Gasteiger partial charge is 0.157 e. The summed E-state index contributed by atoms with van der Waals surface area (Å²) in [7, 11) is 0. The number of hydrogen-bond acceptors (Lipinski definition) is 3. The van der Waals surface area contributed by atoms with Crippen LogP contribution in [0.5, 0.6) is 0 Å². The van der Waals surface area contributed by atoms with E-state index < -0.39 is 5.97 Å². The van der Waals surface area contributed by atoms with Gasteiger partial charge in [0.25, 0.3) is 0 Å². The Bertz CT molecular complexity index is 292. The molecule has 0 aliphatic carbocycles. The van der Waals surface area contributed by atoms with E-state index in [1.165, 1.54) is 0 Å². The Morgan fingerprint density at radius 2 is 2.50 bits per heavy atom. The van der Waals surface area contributed by atoms with Gasteiger partial charge in [-0.2, -0.15) is 0 Å². The first-order valence-electron chi connectivity index (χ1n) is 4.39. The van der Waals surface area contributed by atoms with Crippen molar-refractivity contribution in [1.29, 1.82) is 0 Å². The molecular weight excluding hydrogens is 182 g/mol. The molecule has 4 heteroatoms. The van der Waals surface area contributed by atoms with Crippen LogP contribution in [0.15, 0.2) is 35.5 Å². The zero-order valence-electron chi connectivity index (χ0n) is 7.86. The molecule has 76 valence electrons. The Morgan fingerprint density at radius 1 is 1.71 bits per heavy atom. The van der Waals surface area contributed by atoms with Crippen molar-refractivity contribution in [1.82, 2.24) is 0 Å². The van der Waals surface area contributed by atoms with Crippen LogP contribution in [-0.2, 0) is 11.3 Å². The molecule has 4 nitrogen and oxygen atoms in total. The largest absolute Gasteiger partial charge is 0.544 e. The molecule has 0 aliphatic rings. The predicted octanol–water partition coefficient (Wildman–Crippen LogP) is -1.40. The maximum absolute atomic E-state index is 10.4. The first-order chi connectivity index (χ1) is 6.72. The maximum Gasteiger partial charge on any atom is 0.157 e. The number of hydrogen-bond donors (Lipinski definition) is 1. The number of carboxylic acid groups (broad SMARTS) is 1. The van der Waals surface area contributed by atoms with Crippen molar-refractivity contribution in [3.63, 3.8) is 0 Å². The van der Waals surface area contributed by atoms with Crippen LogP contribution in [0, 0.1) is 0 Å². The monoisotopic (exact) mass is 195 g/mol. The van der Waals surface area contributed by atoms with Crippen LogP contribution in [0.25, 0.3) is 0 Å². The van der Waals surface area contributed by atoms with Gasteiger partial charge < -0.3 is 19.2 Å². The summed E-state index contributed by atoms with van der Waals surface area (Å²) in [5, 5.41) is 10.4. The second kappa shape index (κ2) is 5.24. The molecule has 1 aromatic rings. The molecule has 0 fully saturated rings. The van der Waals surface area contributed by atoms with Crippen molar-refractivity contribution in [3.05, 3.63) is 36.8 Å². The summed E-state index contributed by atoms with van der Waals surface area (Å²) in [6, 6.07) is 3.60. The number of rotatable bonds is 6. The fourth-order valence-corrected chi connectivity index (χ4v) is 1.27. The summed E-state index contributed by atoms with van der Waals surface area (Å²) in [6.45, 7) is 4.65. The average Bonchev–Trinajstić information content (AvgIpc) is 2.56. The zero-order chi connectivity index (χ0) is 10.4. The molecule has 0 bridgehead atoms. The number of aliphatic carboxylic acids is 1. The van der Waals surface area contributed by atoms with Crippen molar-refractivity contribution < 1.29 is 19.2 Å². The molecule has 0 aliphatic heterocycles. The van der Waals surface area contributed by atoms with Crippen LogP contribution < -0.4 is 10.0 Å². The molecule has 1 aromatic heterocycles. The molecule has 1 rings (SSSR count). The molecule has 0 spiro atoms. The first-order valence-corrected chi connectivity index (χ1v) is 4.39. The normalized spacial score (nSPS) is 12.3. The predicted molar refractivity (Wildman–Crippen MR) is 48.3 cm³/mol. The third-order valence-electron chi connectivity index (χ3n) is 1.83. The van der Waals surface area contributed by atoms with Crippen LogP contribution in [-0.4, -0.2) is 19.1 Å². The van der Waals surface area contributed by atoms with E-state index in [0.29, 0.717) is 13.1 Å². The number of carbonyl (C=O) groups is 1. The van der Waals surface area contributed by atoms with Gasteiger partial charge in [-0.1, -0.05) is 6.58 Å². The lowest BCUT2D eigenvalue weighted by molar-refractivity contribution is -0.903. The summed E-state index contributed by atoms with van der Waals surface area (Å²) in [5.74, 6) is -0.295. The lowest BCUT2D eigenvalue weighted by atomic mass is 10.4. The van der Waals surface area contributed by atoms with Gasteiger partial charge in [-0.15, -0.1) is 0 Å². The molecule has 14 heavy (non-hydrogen) atoms. The maximum atomic E-state index is 10.4. The van der Waals surface area contributed by atoms with Crippen molar-refractivity contribution in [2.75, 3.05) is 13.1 Å². The number of quaternary nitrogens is 1. The summed E-state index contributed by atoms with van der Waals surface area (Å²) in [5.41, 5.74) is 0. The minimum Gasteiger partial charge on any atom is -0.544 e. The van der Waals surface area contributed by atoms with Gasteiger partial charge in [0.1, 0.15) is 13.1 Å². The van der Waals surface area contributed by atoms with Crippen LogP contribution in [0.3, 0.4) is 0 Å². The highest BCUT2D eigenvalue weighted by Gasteiger charge is 2.09. The quantitative estimate of drug-likeness (QED) is 0.568. The second-order valence-corrected chi connectivity index (χ2v) is 3.05. The fourth-order valence-electron chi connectivity index (χ4n) is 1.27. The van der Waals surface area contributed by atoms with E-state index in [0.717, 1.165) is 10.7 Å². The molecule has 0 radical (unpaired) electrons. The number of carbonyl (C=O) groups excluding carboxylic acids is 1. The SMILES string of the molecule is C=CC[NH+](CC(=O)[O-])Cc1ccco1. The van der Waals surface area contributed by atoms with Crippen molar-refractivity contribution in [3.8, 4) is 0 Å². The average molecular weight is 195 g/mol. The minimum absolute atomic E-state index is 0.0350. The van der Waals surface area contributed by atoms with Gasteiger partial charge in [0.2, 0.25) is 0 Å². The van der Waals surface area contributed by atoms with Crippen molar-refractivity contribution in [2.24, 2.45) is 0 Å². The van der Waals surface area contributed by atoms with Gasteiger partial charge in [0, 0.05) is 0 Å². The fraction of sp³-hybridized carbons (Fsp3) is 0.300. The van der Waals surface area contributed by atoms with Crippen LogP contribution >= 0.6 is 0 Å². The lowest BCUT2D eigenvalue weighted by Gasteiger charge is -2.16. The Hall–Kier alpha value is -1.55. The van der Waals surface area contributed by atoms with E-state index in [1.54, 1.807) is 18.4 Å². The molecule has 0 saturated carbocycles. The van der Waals surface area contributed by atoms with E-state index in [2.05, 4.69) is 6.58 Å². The molecule has 1 heterocycles. The summed E-state index contributed by atoms with van der Waals surface area (Å²) in [6.07, 6.45) is 3.25. The molecule has 1 N–H and O–H groups in total. The van der Waals surface area contributed by atoms with Crippen LogP contribution in [0.4, 0.5) is 0 Å². The highest BCUT2D eigenvalue weighted by atomic mass is 16.4. The van der Waals surface area contributed by atoms with Crippen LogP contribution in [0.2, 0.25) is 0 Å². The van der Waals surface area contributed by atoms with Gasteiger partial charge in [0.05, 0.1) is 18.8 Å². The van der Waals surface area contributed by atoms with Crippen molar-refractivity contribution in [2.45, 2.75) is 6.54 Å². The summed E-state index contributed by atoms with van der Waals surface area (Å²) in [4.78, 5) is 11.3. The molecule has 0 amide bonds. The summed E-state index contributed by atoms with van der Waals surface area (Å²) >= 11 is 0. The van der Waals surface area contributed by atoms with E-state index >= 15 is 0 Å². The highest BCUT2D eigenvalue weighted by Crippen LogP contribution is 1.96. The van der Waals surface area contributed by atoms with Gasteiger partial charge in [-0.3, -0.25) is 0 Å². The third-order valence-corrected chi connectivity index (χ3v) is 1.83. The number of furan rings is 1. The molecule has 0 aromatic carbocycles. The highest BCUT2D eigenvalue weighted by molar-refractivity contribution is 5.65. The number of nitrogens with one attached hydrogen (secondary N) is 1. The second-order valence-electron chi connectivity index (χ2n) is 3.05. The van der Waals surface area contributed by atoms with Gasteiger partial charge in [0.15, 0.2) is 5.76 Å². The summed E-state index contributed by atoms with van der Waals surface area (Å²) < 4.78 is 5.12. The molecular formula is C10H13NO3.